The van der Waals surface area contributed by atoms with Crippen LogP contribution in [0.1, 0.15) is 13.8 Å². The highest BCUT2D eigenvalue weighted by Gasteiger charge is 2.31. The van der Waals surface area contributed by atoms with Crippen LogP contribution in [0.2, 0.25) is 0 Å². The first-order valence-electron chi connectivity index (χ1n) is 5.06. The van der Waals surface area contributed by atoms with Crippen molar-refractivity contribution in [2.45, 2.75) is 23.8 Å². The number of carbonyl (C=O) groups excluding carboxylic acids is 1. The maximum absolute atomic E-state index is 12.0. The first kappa shape index (κ1) is 13.5. The molecule has 88 valence electrons. The van der Waals surface area contributed by atoms with E-state index in [1.807, 2.05) is 50.4 Å². The molecule has 1 aromatic rings. The molecule has 0 heterocycles. The summed E-state index contributed by atoms with van der Waals surface area (Å²) in [6.07, 6.45) is 1.92. The Kier molecular flexibility index (Phi) is 4.74. The summed E-state index contributed by atoms with van der Waals surface area (Å²) >= 11 is 5.97. The average molecular weight is 255 g/mol. The van der Waals surface area contributed by atoms with Gasteiger partial charge in [0.25, 0.3) is 0 Å². The van der Waals surface area contributed by atoms with Crippen molar-refractivity contribution in [1.29, 1.82) is 0 Å². The number of anilines is 1. The Bertz CT molecular complexity index is 346. The van der Waals surface area contributed by atoms with Gasteiger partial charge in [-0.2, -0.15) is 24.4 Å². The second-order valence-electron chi connectivity index (χ2n) is 4.12. The molecule has 1 N–H and O–H groups in total. The maximum atomic E-state index is 12.0. The van der Waals surface area contributed by atoms with Gasteiger partial charge in [-0.25, -0.2) is 0 Å². The van der Waals surface area contributed by atoms with Crippen LogP contribution in [-0.2, 0) is 4.79 Å². The summed E-state index contributed by atoms with van der Waals surface area (Å²) in [6, 6.07) is 9.47. The number of thiol groups is 1. The molecular formula is C12H17NOS2. The quantitative estimate of drug-likeness (QED) is 0.810. The van der Waals surface area contributed by atoms with Gasteiger partial charge in [0.15, 0.2) is 0 Å². The minimum Gasteiger partial charge on any atom is -0.325 e. The third kappa shape index (κ3) is 3.76. The number of amides is 1. The number of thioether (sulfide) groups is 1. The third-order valence-corrected chi connectivity index (χ3v) is 3.86. The number of rotatable bonds is 4. The van der Waals surface area contributed by atoms with Gasteiger partial charge in [-0.05, 0) is 32.2 Å². The number of carbonyl (C=O) groups is 1. The normalized spacial score (nSPS) is 13.2. The molecule has 0 spiro atoms. The summed E-state index contributed by atoms with van der Waals surface area (Å²) in [5.74, 6) is -0.00120. The van der Waals surface area contributed by atoms with Gasteiger partial charge in [0.1, 0.15) is 0 Å². The van der Waals surface area contributed by atoms with Crippen LogP contribution >= 0.6 is 24.4 Å². The number of para-hydroxylation sites is 1. The summed E-state index contributed by atoms with van der Waals surface area (Å²) in [4.78, 5) is 12.0. The highest BCUT2D eigenvalue weighted by atomic mass is 32.2. The van der Waals surface area contributed by atoms with Gasteiger partial charge >= 0.3 is 0 Å². The van der Waals surface area contributed by atoms with Crippen molar-refractivity contribution in [2.75, 3.05) is 11.6 Å². The minimum absolute atomic E-state index is 0.00120. The number of hydrogen-bond acceptors (Lipinski definition) is 3. The lowest BCUT2D eigenvalue weighted by Crippen LogP contribution is -2.38. The van der Waals surface area contributed by atoms with Crippen LogP contribution in [-0.4, -0.2) is 22.2 Å². The predicted octanol–water partition coefficient (Wildman–Crippen LogP) is 3.07. The van der Waals surface area contributed by atoms with E-state index in [1.54, 1.807) is 0 Å². The minimum atomic E-state index is -0.335. The Morgan fingerprint density at radius 3 is 2.38 bits per heavy atom. The van der Waals surface area contributed by atoms with Crippen LogP contribution in [0.25, 0.3) is 0 Å². The SMILES string of the molecule is CSC(C(=O)Nc1ccccc1)C(C)(C)S. The van der Waals surface area contributed by atoms with Crippen LogP contribution in [0, 0.1) is 0 Å². The first-order chi connectivity index (χ1) is 7.45. The first-order valence-corrected chi connectivity index (χ1v) is 6.79. The summed E-state index contributed by atoms with van der Waals surface area (Å²) in [5, 5.41) is 2.72. The van der Waals surface area contributed by atoms with E-state index in [9.17, 15) is 4.79 Å². The smallest absolute Gasteiger partial charge is 0.238 e. The molecular weight excluding hydrogens is 238 g/mol. The Morgan fingerprint density at radius 1 is 1.38 bits per heavy atom. The van der Waals surface area contributed by atoms with Crippen molar-refractivity contribution in [3.8, 4) is 0 Å². The van der Waals surface area contributed by atoms with Crippen molar-refractivity contribution in [2.24, 2.45) is 0 Å². The molecule has 1 unspecified atom stereocenters. The summed E-state index contributed by atoms with van der Waals surface area (Å²) in [5.41, 5.74) is 0.823. The van der Waals surface area contributed by atoms with E-state index in [0.717, 1.165) is 5.69 Å². The van der Waals surface area contributed by atoms with Gasteiger partial charge in [0.05, 0.1) is 5.25 Å². The van der Waals surface area contributed by atoms with Crippen LogP contribution in [0.4, 0.5) is 5.69 Å². The molecule has 0 saturated carbocycles. The zero-order valence-corrected chi connectivity index (χ0v) is 11.4. The molecule has 0 saturated heterocycles. The van der Waals surface area contributed by atoms with E-state index in [4.69, 9.17) is 0 Å². The second kappa shape index (κ2) is 5.64. The van der Waals surface area contributed by atoms with Crippen molar-refractivity contribution in [3.05, 3.63) is 30.3 Å². The standard InChI is InChI=1S/C12H17NOS2/c1-12(2,15)10(16-3)11(14)13-9-7-5-4-6-8-9/h4-8,10,15H,1-3H3,(H,13,14). The van der Waals surface area contributed by atoms with E-state index in [-0.39, 0.29) is 15.9 Å². The van der Waals surface area contributed by atoms with Crippen LogP contribution in [0.3, 0.4) is 0 Å². The molecule has 1 atom stereocenters. The molecule has 1 aromatic carbocycles. The van der Waals surface area contributed by atoms with Gasteiger partial charge in [0.2, 0.25) is 5.91 Å². The highest BCUT2D eigenvalue weighted by Crippen LogP contribution is 2.28. The molecule has 0 fully saturated rings. The lowest BCUT2D eigenvalue weighted by Gasteiger charge is -2.26. The molecule has 0 radical (unpaired) electrons. The molecule has 1 amide bonds. The number of nitrogens with one attached hydrogen (secondary N) is 1. The van der Waals surface area contributed by atoms with E-state index in [2.05, 4.69) is 17.9 Å². The van der Waals surface area contributed by atoms with Gasteiger partial charge in [0, 0.05) is 10.4 Å². The Balaban J connectivity index is 2.71. The van der Waals surface area contributed by atoms with Crippen molar-refractivity contribution >= 4 is 36.0 Å². The summed E-state index contributed by atoms with van der Waals surface area (Å²) < 4.78 is -0.335. The molecule has 4 heteroatoms. The fraction of sp³-hybridized carbons (Fsp3) is 0.417. The molecule has 0 aliphatic heterocycles. The van der Waals surface area contributed by atoms with Gasteiger partial charge in [-0.15, -0.1) is 0 Å². The molecule has 1 rings (SSSR count). The van der Waals surface area contributed by atoms with Gasteiger partial charge in [-0.3, -0.25) is 4.79 Å². The molecule has 0 aromatic heterocycles. The Labute approximate surface area is 107 Å². The topological polar surface area (TPSA) is 29.1 Å². The van der Waals surface area contributed by atoms with Gasteiger partial charge < -0.3 is 5.32 Å². The largest absolute Gasteiger partial charge is 0.325 e. The maximum Gasteiger partial charge on any atom is 0.238 e. The van der Waals surface area contributed by atoms with E-state index < -0.39 is 0 Å². The van der Waals surface area contributed by atoms with E-state index >= 15 is 0 Å². The lowest BCUT2D eigenvalue weighted by atomic mass is 10.1. The van der Waals surface area contributed by atoms with Crippen molar-refractivity contribution in [3.63, 3.8) is 0 Å². The Morgan fingerprint density at radius 2 is 1.94 bits per heavy atom. The molecule has 0 aliphatic rings. The molecule has 2 nitrogen and oxygen atoms in total. The zero-order valence-electron chi connectivity index (χ0n) is 9.73. The summed E-state index contributed by atoms with van der Waals surface area (Å²) in [7, 11) is 0. The number of hydrogen-bond donors (Lipinski definition) is 2. The fourth-order valence-electron chi connectivity index (χ4n) is 1.45. The zero-order chi connectivity index (χ0) is 12.2. The van der Waals surface area contributed by atoms with Crippen molar-refractivity contribution in [1.82, 2.24) is 0 Å². The second-order valence-corrected chi connectivity index (χ2v) is 6.22. The lowest BCUT2D eigenvalue weighted by molar-refractivity contribution is -0.116. The van der Waals surface area contributed by atoms with E-state index in [0.29, 0.717) is 0 Å². The third-order valence-electron chi connectivity index (χ3n) is 2.16. The highest BCUT2D eigenvalue weighted by molar-refractivity contribution is 8.00. The molecule has 0 bridgehead atoms. The molecule has 16 heavy (non-hydrogen) atoms. The monoisotopic (exact) mass is 255 g/mol. The van der Waals surface area contributed by atoms with Crippen LogP contribution < -0.4 is 5.32 Å². The average Bonchev–Trinajstić information content (AvgIpc) is 2.17. The fourth-order valence-corrected chi connectivity index (χ4v) is 2.73. The van der Waals surface area contributed by atoms with Crippen molar-refractivity contribution < 1.29 is 4.79 Å². The Hall–Kier alpha value is -0.610. The summed E-state index contributed by atoms with van der Waals surface area (Å²) in [6.45, 7) is 3.89. The van der Waals surface area contributed by atoms with E-state index in [1.165, 1.54) is 11.8 Å². The van der Waals surface area contributed by atoms with Crippen LogP contribution in [0.5, 0.6) is 0 Å². The molecule has 0 aliphatic carbocycles. The number of benzene rings is 1. The predicted molar refractivity (Wildman–Crippen MR) is 75.4 cm³/mol. The van der Waals surface area contributed by atoms with Gasteiger partial charge in [-0.1, -0.05) is 18.2 Å². The van der Waals surface area contributed by atoms with Crippen LogP contribution in [0.15, 0.2) is 30.3 Å².